The molecule has 4 nitrogen and oxygen atoms in total. The van der Waals surface area contributed by atoms with Crippen molar-refractivity contribution in [1.82, 2.24) is 9.62 Å². The molecule has 2 heterocycles. The summed E-state index contributed by atoms with van der Waals surface area (Å²) >= 11 is 1.37. The third-order valence-corrected chi connectivity index (χ3v) is 7.08. The van der Waals surface area contributed by atoms with E-state index in [4.69, 9.17) is 0 Å². The first-order valence-electron chi connectivity index (χ1n) is 7.34. The third kappa shape index (κ3) is 3.61. The van der Waals surface area contributed by atoms with Crippen LogP contribution in [0.5, 0.6) is 0 Å². The quantitative estimate of drug-likeness (QED) is 0.821. The lowest BCUT2D eigenvalue weighted by atomic mass is 10.1. The molecule has 1 aliphatic rings. The molecule has 0 radical (unpaired) electrons. The van der Waals surface area contributed by atoms with Crippen molar-refractivity contribution in [3.8, 4) is 0 Å². The van der Waals surface area contributed by atoms with Crippen LogP contribution in [0, 0.1) is 6.92 Å². The molecule has 1 aliphatic heterocycles. The smallest absolute Gasteiger partial charge is 0.252 e. The van der Waals surface area contributed by atoms with E-state index in [1.165, 1.54) is 11.3 Å². The van der Waals surface area contributed by atoms with Gasteiger partial charge in [0.2, 0.25) is 0 Å². The monoisotopic (exact) mass is 316 g/mol. The molecule has 0 saturated carbocycles. The van der Waals surface area contributed by atoms with Gasteiger partial charge in [-0.25, -0.2) is 8.42 Å². The fourth-order valence-corrected chi connectivity index (χ4v) is 5.71. The lowest BCUT2D eigenvalue weighted by molar-refractivity contribution is 0.246. The van der Waals surface area contributed by atoms with Gasteiger partial charge in [0.05, 0.1) is 0 Å². The van der Waals surface area contributed by atoms with Crippen LogP contribution in [0.3, 0.4) is 0 Å². The Balaban J connectivity index is 2.14. The fourth-order valence-electron chi connectivity index (χ4n) is 2.61. The molecule has 2 rings (SSSR count). The minimum Gasteiger partial charge on any atom is -0.315 e. The van der Waals surface area contributed by atoms with Gasteiger partial charge in [-0.05, 0) is 44.9 Å². The summed E-state index contributed by atoms with van der Waals surface area (Å²) in [5.74, 6) is 0. The molecule has 1 saturated heterocycles. The maximum Gasteiger partial charge on any atom is 0.252 e. The van der Waals surface area contributed by atoms with Crippen LogP contribution in [0.25, 0.3) is 0 Å². The second-order valence-corrected chi connectivity index (χ2v) is 8.74. The number of hydrogen-bond acceptors (Lipinski definition) is 4. The Hall–Kier alpha value is -0.430. The number of hydrogen-bond donors (Lipinski definition) is 1. The summed E-state index contributed by atoms with van der Waals surface area (Å²) in [6, 6.07) is 3.72. The zero-order valence-corrected chi connectivity index (χ0v) is 13.9. The van der Waals surface area contributed by atoms with E-state index in [2.05, 4.69) is 12.2 Å². The van der Waals surface area contributed by atoms with Crippen LogP contribution in [0.1, 0.15) is 37.5 Å². The van der Waals surface area contributed by atoms with E-state index in [1.54, 1.807) is 10.4 Å². The Morgan fingerprint density at radius 2 is 2.20 bits per heavy atom. The highest BCUT2D eigenvalue weighted by Gasteiger charge is 2.33. The van der Waals surface area contributed by atoms with Crippen LogP contribution < -0.4 is 5.32 Å². The molecule has 1 fully saturated rings. The third-order valence-electron chi connectivity index (χ3n) is 3.66. The van der Waals surface area contributed by atoms with Gasteiger partial charge in [-0.2, -0.15) is 4.31 Å². The molecule has 0 bridgehead atoms. The van der Waals surface area contributed by atoms with E-state index in [1.807, 2.05) is 13.0 Å². The van der Waals surface area contributed by atoms with Gasteiger partial charge in [-0.3, -0.25) is 0 Å². The minimum atomic E-state index is -3.32. The largest absolute Gasteiger partial charge is 0.315 e. The van der Waals surface area contributed by atoms with Crippen LogP contribution in [-0.4, -0.2) is 38.4 Å². The standard InChI is InChI=1S/C14H24N2O2S2/c1-3-9-15-11-13-6-4-5-10-16(13)20(17,18)14-8-7-12(2)19-14/h7-8,13,15H,3-6,9-11H2,1-2H3. The molecule has 0 spiro atoms. The summed E-state index contributed by atoms with van der Waals surface area (Å²) in [4.78, 5) is 1.04. The number of nitrogens with zero attached hydrogens (tertiary/aromatic N) is 1. The van der Waals surface area contributed by atoms with E-state index < -0.39 is 10.0 Å². The molecule has 114 valence electrons. The molecule has 1 atom stereocenters. The lowest BCUT2D eigenvalue weighted by Gasteiger charge is -2.34. The van der Waals surface area contributed by atoms with Crippen LogP contribution in [0.15, 0.2) is 16.3 Å². The highest BCUT2D eigenvalue weighted by atomic mass is 32.2. The van der Waals surface area contributed by atoms with Crippen LogP contribution >= 0.6 is 11.3 Å². The molecule has 1 aromatic heterocycles. The summed E-state index contributed by atoms with van der Waals surface area (Å²) in [6.07, 6.45) is 4.12. The zero-order valence-electron chi connectivity index (χ0n) is 12.3. The summed E-state index contributed by atoms with van der Waals surface area (Å²) in [5, 5.41) is 3.36. The van der Waals surface area contributed by atoms with Gasteiger partial charge >= 0.3 is 0 Å². The molecule has 1 aromatic rings. The predicted octanol–water partition coefficient (Wildman–Crippen LogP) is 2.60. The van der Waals surface area contributed by atoms with E-state index in [9.17, 15) is 8.42 Å². The van der Waals surface area contributed by atoms with Gasteiger partial charge in [-0.15, -0.1) is 11.3 Å². The highest BCUT2D eigenvalue weighted by Crippen LogP contribution is 2.29. The van der Waals surface area contributed by atoms with Crippen molar-refractivity contribution in [3.63, 3.8) is 0 Å². The number of thiophene rings is 1. The molecular weight excluding hydrogens is 292 g/mol. The van der Waals surface area contributed by atoms with Crippen LogP contribution in [-0.2, 0) is 10.0 Å². The molecule has 1 N–H and O–H groups in total. The summed E-state index contributed by atoms with van der Waals surface area (Å²) in [5.41, 5.74) is 0. The summed E-state index contributed by atoms with van der Waals surface area (Å²) in [7, 11) is -3.32. The van der Waals surface area contributed by atoms with Gasteiger partial charge in [0.1, 0.15) is 4.21 Å². The number of aryl methyl sites for hydroxylation is 1. The Labute approximate surface area is 126 Å². The molecule has 20 heavy (non-hydrogen) atoms. The second kappa shape index (κ2) is 7.02. The topological polar surface area (TPSA) is 49.4 Å². The first-order valence-corrected chi connectivity index (χ1v) is 9.60. The van der Waals surface area contributed by atoms with Crippen LogP contribution in [0.2, 0.25) is 0 Å². The number of nitrogens with one attached hydrogen (secondary N) is 1. The second-order valence-electron chi connectivity index (χ2n) is 5.33. The number of sulfonamides is 1. The van der Waals surface area contributed by atoms with Crippen molar-refractivity contribution in [2.45, 2.75) is 49.8 Å². The first-order chi connectivity index (χ1) is 9.55. The van der Waals surface area contributed by atoms with Crippen molar-refractivity contribution < 1.29 is 8.42 Å². The maximum absolute atomic E-state index is 12.8. The normalized spacial score (nSPS) is 21.2. The van der Waals surface area contributed by atoms with Crippen molar-refractivity contribution >= 4 is 21.4 Å². The molecule has 1 unspecified atom stereocenters. The number of piperidine rings is 1. The molecule has 0 aromatic carbocycles. The molecule has 6 heteroatoms. The van der Waals surface area contributed by atoms with E-state index in [0.717, 1.165) is 43.6 Å². The Bertz CT molecular complexity index is 525. The highest BCUT2D eigenvalue weighted by molar-refractivity contribution is 7.91. The van der Waals surface area contributed by atoms with Crippen molar-refractivity contribution in [2.75, 3.05) is 19.6 Å². The molecular formula is C14H24N2O2S2. The molecule has 0 aliphatic carbocycles. The molecule has 0 amide bonds. The van der Waals surface area contributed by atoms with E-state index in [-0.39, 0.29) is 6.04 Å². The predicted molar refractivity (Wildman–Crippen MR) is 83.7 cm³/mol. The van der Waals surface area contributed by atoms with Crippen LogP contribution in [0.4, 0.5) is 0 Å². The maximum atomic E-state index is 12.8. The first kappa shape index (κ1) is 15.9. The van der Waals surface area contributed by atoms with Gasteiger partial charge in [-0.1, -0.05) is 13.3 Å². The average Bonchev–Trinajstić information content (AvgIpc) is 2.87. The number of rotatable bonds is 6. The van der Waals surface area contributed by atoms with E-state index in [0.29, 0.717) is 10.8 Å². The van der Waals surface area contributed by atoms with Crippen molar-refractivity contribution in [1.29, 1.82) is 0 Å². The minimum absolute atomic E-state index is 0.0997. The van der Waals surface area contributed by atoms with Crippen molar-refractivity contribution in [2.24, 2.45) is 0 Å². The summed E-state index contributed by atoms with van der Waals surface area (Å²) in [6.45, 7) is 6.43. The average molecular weight is 316 g/mol. The fraction of sp³-hybridized carbons (Fsp3) is 0.714. The Kier molecular flexibility index (Phi) is 5.60. The zero-order chi connectivity index (χ0) is 14.6. The Morgan fingerprint density at radius 3 is 2.85 bits per heavy atom. The van der Waals surface area contributed by atoms with Crippen molar-refractivity contribution in [3.05, 3.63) is 17.0 Å². The lowest BCUT2D eigenvalue weighted by Crippen LogP contribution is -2.48. The van der Waals surface area contributed by atoms with Gasteiger partial charge < -0.3 is 5.32 Å². The summed E-state index contributed by atoms with van der Waals surface area (Å²) < 4.78 is 27.7. The van der Waals surface area contributed by atoms with Gasteiger partial charge in [0, 0.05) is 24.0 Å². The van der Waals surface area contributed by atoms with Gasteiger partial charge in [0.15, 0.2) is 0 Å². The SMILES string of the molecule is CCCNCC1CCCCN1S(=O)(=O)c1ccc(C)s1. The van der Waals surface area contributed by atoms with Gasteiger partial charge in [0.25, 0.3) is 10.0 Å². The Morgan fingerprint density at radius 1 is 1.40 bits per heavy atom. The van der Waals surface area contributed by atoms with E-state index >= 15 is 0 Å².